The zero-order chi connectivity index (χ0) is 11.5. The second-order valence-electron chi connectivity index (χ2n) is 3.40. The lowest BCUT2D eigenvalue weighted by atomic mass is 10.1. The van der Waals surface area contributed by atoms with Crippen LogP contribution in [0.15, 0.2) is 36.4 Å². The van der Waals surface area contributed by atoms with Crippen LogP contribution in [-0.4, -0.2) is 13.0 Å². The third-order valence-electron chi connectivity index (χ3n) is 2.44. The van der Waals surface area contributed by atoms with Gasteiger partial charge in [0.2, 0.25) is 0 Å². The number of nitrogen functional groups attached to an aromatic ring is 1. The van der Waals surface area contributed by atoms with E-state index in [4.69, 9.17) is 10.6 Å². The van der Waals surface area contributed by atoms with Crippen LogP contribution in [0.3, 0.4) is 0 Å². The number of methoxy groups -OCH3 is 1. The molecule has 4 heteroatoms. The number of nitrogens with one attached hydrogen (secondary N) is 1. The van der Waals surface area contributed by atoms with Gasteiger partial charge in [-0.05, 0) is 35.0 Å². The first-order valence-corrected chi connectivity index (χ1v) is 4.83. The number of hydrazine groups is 1. The second kappa shape index (κ2) is 4.20. The highest BCUT2D eigenvalue weighted by Crippen LogP contribution is 2.21. The van der Waals surface area contributed by atoms with Crippen molar-refractivity contribution in [2.45, 2.75) is 0 Å². The lowest BCUT2D eigenvalue weighted by Crippen LogP contribution is -2.29. The molecule has 0 heterocycles. The summed E-state index contributed by atoms with van der Waals surface area (Å²) in [6.07, 6.45) is 0. The minimum atomic E-state index is -0.294. The molecule has 0 saturated heterocycles. The van der Waals surface area contributed by atoms with Crippen molar-refractivity contribution in [1.29, 1.82) is 0 Å². The molecule has 0 aliphatic rings. The number of fused-ring (bicyclic) bond motifs is 1. The number of carbonyl (C=O) groups is 1. The Kier molecular flexibility index (Phi) is 2.74. The standard InChI is InChI=1S/C12H12N2O2/c1-16-11-5-4-8-6-10(12(15)14-13)3-2-9(8)7-11/h2-7H,13H2,1H3,(H,14,15). The molecule has 0 spiro atoms. The Morgan fingerprint density at radius 3 is 2.56 bits per heavy atom. The summed E-state index contributed by atoms with van der Waals surface area (Å²) < 4.78 is 5.12. The Morgan fingerprint density at radius 1 is 1.19 bits per heavy atom. The molecule has 82 valence electrons. The van der Waals surface area contributed by atoms with Crippen LogP contribution in [0.5, 0.6) is 5.75 Å². The molecule has 0 aromatic heterocycles. The summed E-state index contributed by atoms with van der Waals surface area (Å²) in [5.74, 6) is 5.58. The average Bonchev–Trinajstić information content (AvgIpc) is 2.36. The van der Waals surface area contributed by atoms with Gasteiger partial charge >= 0.3 is 0 Å². The van der Waals surface area contributed by atoms with Crippen molar-refractivity contribution in [2.24, 2.45) is 5.84 Å². The van der Waals surface area contributed by atoms with Crippen LogP contribution in [0.4, 0.5) is 0 Å². The lowest BCUT2D eigenvalue weighted by molar-refractivity contribution is 0.0954. The van der Waals surface area contributed by atoms with E-state index in [-0.39, 0.29) is 5.91 Å². The van der Waals surface area contributed by atoms with Gasteiger partial charge < -0.3 is 4.74 Å². The topological polar surface area (TPSA) is 64.3 Å². The van der Waals surface area contributed by atoms with Crippen molar-refractivity contribution < 1.29 is 9.53 Å². The molecule has 0 unspecified atom stereocenters. The van der Waals surface area contributed by atoms with Crippen molar-refractivity contribution >= 4 is 16.7 Å². The summed E-state index contributed by atoms with van der Waals surface area (Å²) in [4.78, 5) is 11.3. The van der Waals surface area contributed by atoms with Gasteiger partial charge in [-0.3, -0.25) is 10.2 Å². The Morgan fingerprint density at radius 2 is 1.88 bits per heavy atom. The highest BCUT2D eigenvalue weighted by atomic mass is 16.5. The number of nitrogens with two attached hydrogens (primary N) is 1. The minimum Gasteiger partial charge on any atom is -0.497 e. The van der Waals surface area contributed by atoms with Crippen LogP contribution in [0, 0.1) is 0 Å². The molecule has 16 heavy (non-hydrogen) atoms. The zero-order valence-electron chi connectivity index (χ0n) is 8.86. The van der Waals surface area contributed by atoms with Gasteiger partial charge in [0, 0.05) is 5.56 Å². The number of hydrogen-bond acceptors (Lipinski definition) is 3. The third kappa shape index (κ3) is 1.83. The van der Waals surface area contributed by atoms with Crippen LogP contribution >= 0.6 is 0 Å². The summed E-state index contributed by atoms with van der Waals surface area (Å²) >= 11 is 0. The van der Waals surface area contributed by atoms with Gasteiger partial charge in [-0.2, -0.15) is 0 Å². The Labute approximate surface area is 93.0 Å². The number of carbonyl (C=O) groups excluding carboxylic acids is 1. The van der Waals surface area contributed by atoms with E-state index in [1.54, 1.807) is 19.2 Å². The largest absolute Gasteiger partial charge is 0.497 e. The number of amides is 1. The van der Waals surface area contributed by atoms with Crippen LogP contribution in [0.25, 0.3) is 10.8 Å². The number of ether oxygens (including phenoxy) is 1. The molecule has 0 radical (unpaired) electrons. The quantitative estimate of drug-likeness (QED) is 0.453. The number of hydrogen-bond donors (Lipinski definition) is 2. The van der Waals surface area contributed by atoms with Crippen molar-refractivity contribution in [3.8, 4) is 5.75 Å². The van der Waals surface area contributed by atoms with E-state index in [0.717, 1.165) is 16.5 Å². The summed E-state index contributed by atoms with van der Waals surface area (Å²) in [5.41, 5.74) is 2.65. The Bertz CT molecular complexity index is 538. The molecule has 3 N–H and O–H groups in total. The first kappa shape index (κ1) is 10.4. The van der Waals surface area contributed by atoms with Crippen molar-refractivity contribution in [3.63, 3.8) is 0 Å². The maximum absolute atomic E-state index is 11.3. The third-order valence-corrected chi connectivity index (χ3v) is 2.44. The molecule has 1 amide bonds. The molecule has 2 aromatic rings. The van der Waals surface area contributed by atoms with Gasteiger partial charge in [-0.15, -0.1) is 0 Å². The summed E-state index contributed by atoms with van der Waals surface area (Å²) in [6.45, 7) is 0. The van der Waals surface area contributed by atoms with Gasteiger partial charge in [0.25, 0.3) is 5.91 Å². The lowest BCUT2D eigenvalue weighted by Gasteiger charge is -2.04. The van der Waals surface area contributed by atoms with E-state index in [1.807, 2.05) is 24.3 Å². The van der Waals surface area contributed by atoms with Gasteiger partial charge in [-0.25, -0.2) is 5.84 Å². The molecule has 0 fully saturated rings. The van der Waals surface area contributed by atoms with E-state index in [1.165, 1.54) is 0 Å². The zero-order valence-corrected chi connectivity index (χ0v) is 8.86. The molecule has 4 nitrogen and oxygen atoms in total. The van der Waals surface area contributed by atoms with Gasteiger partial charge in [0.1, 0.15) is 5.75 Å². The Hall–Kier alpha value is -2.07. The van der Waals surface area contributed by atoms with Gasteiger partial charge in [0.05, 0.1) is 7.11 Å². The molecule has 0 saturated carbocycles. The van der Waals surface area contributed by atoms with E-state index in [0.29, 0.717) is 5.56 Å². The molecule has 0 aliphatic heterocycles. The SMILES string of the molecule is COc1ccc2cc(C(=O)NN)ccc2c1. The second-order valence-corrected chi connectivity index (χ2v) is 3.40. The summed E-state index contributed by atoms with van der Waals surface area (Å²) in [7, 11) is 1.62. The predicted molar refractivity (Wildman–Crippen MR) is 62.2 cm³/mol. The van der Waals surface area contributed by atoms with E-state index in [2.05, 4.69) is 5.43 Å². The fourth-order valence-electron chi connectivity index (χ4n) is 1.58. The molecule has 0 bridgehead atoms. The van der Waals surface area contributed by atoms with Crippen molar-refractivity contribution in [2.75, 3.05) is 7.11 Å². The molecular weight excluding hydrogens is 204 g/mol. The van der Waals surface area contributed by atoms with Crippen molar-refractivity contribution in [3.05, 3.63) is 42.0 Å². The molecule has 0 aliphatic carbocycles. The highest BCUT2D eigenvalue weighted by Gasteiger charge is 2.04. The number of rotatable bonds is 2. The summed E-state index contributed by atoms with van der Waals surface area (Å²) in [5, 5.41) is 2.00. The van der Waals surface area contributed by atoms with Crippen LogP contribution in [-0.2, 0) is 0 Å². The van der Waals surface area contributed by atoms with E-state index in [9.17, 15) is 4.79 Å². The van der Waals surface area contributed by atoms with Crippen molar-refractivity contribution in [1.82, 2.24) is 5.43 Å². The molecule has 2 rings (SSSR count). The predicted octanol–water partition coefficient (Wildman–Crippen LogP) is 1.45. The van der Waals surface area contributed by atoms with E-state index >= 15 is 0 Å². The van der Waals surface area contributed by atoms with E-state index < -0.39 is 0 Å². The molecule has 2 aromatic carbocycles. The first-order valence-electron chi connectivity index (χ1n) is 4.83. The monoisotopic (exact) mass is 216 g/mol. The smallest absolute Gasteiger partial charge is 0.265 e. The highest BCUT2D eigenvalue weighted by molar-refractivity contribution is 5.98. The fourth-order valence-corrected chi connectivity index (χ4v) is 1.58. The minimum absolute atomic E-state index is 0.294. The normalized spacial score (nSPS) is 10.1. The Balaban J connectivity index is 2.51. The maximum atomic E-state index is 11.3. The molecular formula is C12H12N2O2. The van der Waals surface area contributed by atoms with Gasteiger partial charge in [0.15, 0.2) is 0 Å². The van der Waals surface area contributed by atoms with Crippen LogP contribution in [0.1, 0.15) is 10.4 Å². The number of benzene rings is 2. The summed E-state index contributed by atoms with van der Waals surface area (Å²) in [6, 6.07) is 11.1. The molecule has 0 atom stereocenters. The van der Waals surface area contributed by atoms with Crippen LogP contribution < -0.4 is 16.0 Å². The van der Waals surface area contributed by atoms with Gasteiger partial charge in [-0.1, -0.05) is 12.1 Å². The first-order chi connectivity index (χ1) is 7.74. The average molecular weight is 216 g/mol. The fraction of sp³-hybridized carbons (Fsp3) is 0.0833. The van der Waals surface area contributed by atoms with Crippen LogP contribution in [0.2, 0.25) is 0 Å². The maximum Gasteiger partial charge on any atom is 0.265 e.